The predicted molar refractivity (Wildman–Crippen MR) is 95.2 cm³/mol. The van der Waals surface area contributed by atoms with Gasteiger partial charge < -0.3 is 9.47 Å². The number of nitrogens with zero attached hydrogens (tertiary/aromatic N) is 1. The minimum Gasteiger partial charge on any atom is -0.497 e. The Morgan fingerprint density at radius 3 is 3.00 bits per heavy atom. The summed E-state index contributed by atoms with van der Waals surface area (Å²) in [6, 6.07) is 6.96. The van der Waals surface area contributed by atoms with E-state index in [2.05, 4.69) is 10.3 Å². The van der Waals surface area contributed by atoms with Crippen molar-refractivity contribution in [3.8, 4) is 5.75 Å². The Hall–Kier alpha value is -2.41. The second-order valence-electron chi connectivity index (χ2n) is 5.77. The van der Waals surface area contributed by atoms with Gasteiger partial charge in [-0.05, 0) is 44.4 Å². The molecule has 0 aliphatic heterocycles. The molecule has 6 nitrogen and oxygen atoms in total. The van der Waals surface area contributed by atoms with Gasteiger partial charge in [0.05, 0.1) is 25.3 Å². The molecule has 1 atom stereocenters. The van der Waals surface area contributed by atoms with Gasteiger partial charge in [-0.1, -0.05) is 6.07 Å². The number of benzene rings is 1. The maximum atomic E-state index is 12.4. The van der Waals surface area contributed by atoms with Crippen molar-refractivity contribution in [2.24, 2.45) is 5.92 Å². The lowest BCUT2D eigenvalue weighted by atomic mass is 9.91. The first-order valence-electron chi connectivity index (χ1n) is 8.21. The Kier molecular flexibility index (Phi) is 5.33. The number of amides is 1. The third-order valence-electron chi connectivity index (χ3n) is 4.11. The van der Waals surface area contributed by atoms with Gasteiger partial charge in [-0.2, -0.15) is 0 Å². The summed E-state index contributed by atoms with van der Waals surface area (Å²) in [5.41, 5.74) is 1.48. The van der Waals surface area contributed by atoms with Crippen molar-refractivity contribution in [3.63, 3.8) is 0 Å². The van der Waals surface area contributed by atoms with E-state index in [9.17, 15) is 9.59 Å². The zero-order valence-electron chi connectivity index (χ0n) is 14.2. The number of hydrogen-bond acceptors (Lipinski definition) is 6. The Balaban J connectivity index is 1.69. The number of aromatic nitrogens is 1. The number of carbonyl (C=O) groups excluding carboxylic acids is 2. The van der Waals surface area contributed by atoms with Crippen molar-refractivity contribution in [2.75, 3.05) is 19.0 Å². The average molecular weight is 360 g/mol. The van der Waals surface area contributed by atoms with Crippen molar-refractivity contribution in [1.82, 2.24) is 4.98 Å². The van der Waals surface area contributed by atoms with Gasteiger partial charge in [-0.3, -0.25) is 14.9 Å². The number of nitrogens with one attached hydrogen (secondary N) is 1. The third-order valence-corrected chi connectivity index (χ3v) is 5.15. The van der Waals surface area contributed by atoms with Crippen LogP contribution in [-0.4, -0.2) is 30.6 Å². The van der Waals surface area contributed by atoms with E-state index in [4.69, 9.17) is 9.47 Å². The molecule has 132 valence electrons. The number of aryl methyl sites for hydroxylation is 1. The first-order valence-corrected chi connectivity index (χ1v) is 9.03. The lowest BCUT2D eigenvalue weighted by Gasteiger charge is -2.18. The highest BCUT2D eigenvalue weighted by atomic mass is 32.1. The highest BCUT2D eigenvalue weighted by Gasteiger charge is 2.28. The van der Waals surface area contributed by atoms with Crippen LogP contribution in [0, 0.1) is 5.92 Å². The molecule has 1 N–H and O–H groups in total. The van der Waals surface area contributed by atoms with Crippen LogP contribution >= 0.6 is 11.3 Å². The van der Waals surface area contributed by atoms with Gasteiger partial charge in [0, 0.05) is 10.4 Å². The Bertz CT molecular complexity index is 787. The summed E-state index contributed by atoms with van der Waals surface area (Å²) < 4.78 is 10.2. The SMILES string of the molecule is CCOC(=O)C1CCc2nc(NC(=O)c3cccc(OC)c3)sc2C1. The molecule has 0 bridgehead atoms. The molecule has 1 aromatic heterocycles. The molecule has 0 saturated carbocycles. The summed E-state index contributed by atoms with van der Waals surface area (Å²) in [6.45, 7) is 2.21. The highest BCUT2D eigenvalue weighted by molar-refractivity contribution is 7.15. The summed E-state index contributed by atoms with van der Waals surface area (Å²) >= 11 is 1.43. The van der Waals surface area contributed by atoms with Gasteiger partial charge in [0.25, 0.3) is 5.91 Å². The van der Waals surface area contributed by atoms with Crippen LogP contribution in [0.5, 0.6) is 5.75 Å². The minimum absolute atomic E-state index is 0.116. The van der Waals surface area contributed by atoms with Crippen molar-refractivity contribution in [3.05, 3.63) is 40.4 Å². The number of rotatable bonds is 5. The first-order chi connectivity index (χ1) is 12.1. The van der Waals surface area contributed by atoms with Crippen molar-refractivity contribution < 1.29 is 19.1 Å². The number of methoxy groups -OCH3 is 1. The minimum atomic E-state index is -0.230. The van der Waals surface area contributed by atoms with Gasteiger partial charge in [-0.15, -0.1) is 11.3 Å². The van der Waals surface area contributed by atoms with E-state index in [1.54, 1.807) is 31.4 Å². The molecule has 0 fully saturated rings. The molecular formula is C18H20N2O4S. The molecule has 3 rings (SSSR count). The molecule has 2 aromatic rings. The lowest BCUT2D eigenvalue weighted by molar-refractivity contribution is -0.148. The second-order valence-corrected chi connectivity index (χ2v) is 6.85. The molecule has 0 saturated heterocycles. The molecular weight excluding hydrogens is 340 g/mol. The third kappa shape index (κ3) is 3.99. The Morgan fingerprint density at radius 1 is 1.40 bits per heavy atom. The standard InChI is InChI=1S/C18H20N2O4S/c1-3-24-17(22)12-7-8-14-15(10-12)25-18(19-14)20-16(21)11-5-4-6-13(9-11)23-2/h4-6,9,12H,3,7-8,10H2,1-2H3,(H,19,20,21). The van der Waals surface area contributed by atoms with Crippen LogP contribution in [0.4, 0.5) is 5.13 Å². The normalized spacial score (nSPS) is 16.0. The summed E-state index contributed by atoms with van der Waals surface area (Å²) in [6.07, 6.45) is 2.09. The molecule has 1 aliphatic carbocycles. The molecule has 1 heterocycles. The zero-order valence-corrected chi connectivity index (χ0v) is 15.0. The maximum Gasteiger partial charge on any atom is 0.309 e. The van der Waals surface area contributed by atoms with E-state index in [-0.39, 0.29) is 17.8 Å². The summed E-state index contributed by atoms with van der Waals surface area (Å²) in [7, 11) is 1.56. The topological polar surface area (TPSA) is 77.5 Å². The van der Waals surface area contributed by atoms with E-state index < -0.39 is 0 Å². The predicted octanol–water partition coefficient (Wildman–Crippen LogP) is 3.07. The molecule has 0 radical (unpaired) electrons. The largest absolute Gasteiger partial charge is 0.497 e. The quantitative estimate of drug-likeness (QED) is 0.829. The van der Waals surface area contributed by atoms with E-state index >= 15 is 0 Å². The molecule has 0 spiro atoms. The van der Waals surface area contributed by atoms with Crippen LogP contribution in [-0.2, 0) is 22.4 Å². The molecule has 1 aliphatic rings. The zero-order chi connectivity index (χ0) is 17.8. The average Bonchev–Trinajstić information content (AvgIpc) is 3.03. The highest BCUT2D eigenvalue weighted by Crippen LogP contribution is 2.33. The van der Waals surface area contributed by atoms with Crippen molar-refractivity contribution in [2.45, 2.75) is 26.2 Å². The van der Waals surface area contributed by atoms with E-state index in [1.165, 1.54) is 11.3 Å². The number of ether oxygens (including phenoxy) is 2. The number of esters is 1. The lowest BCUT2D eigenvalue weighted by Crippen LogP contribution is -2.24. The fraction of sp³-hybridized carbons (Fsp3) is 0.389. The van der Waals surface area contributed by atoms with Crippen molar-refractivity contribution >= 4 is 28.3 Å². The van der Waals surface area contributed by atoms with Crippen LogP contribution in [0.25, 0.3) is 0 Å². The number of carbonyl (C=O) groups is 2. The fourth-order valence-electron chi connectivity index (χ4n) is 2.82. The summed E-state index contributed by atoms with van der Waals surface area (Å²) in [4.78, 5) is 29.8. The summed E-state index contributed by atoms with van der Waals surface area (Å²) in [5.74, 6) is 0.133. The Morgan fingerprint density at radius 2 is 2.24 bits per heavy atom. The first kappa shape index (κ1) is 17.4. The maximum absolute atomic E-state index is 12.4. The van der Waals surface area contributed by atoms with Crippen LogP contribution < -0.4 is 10.1 Å². The molecule has 7 heteroatoms. The fourth-order valence-corrected chi connectivity index (χ4v) is 3.91. The van der Waals surface area contributed by atoms with Gasteiger partial charge in [0.2, 0.25) is 0 Å². The number of anilines is 1. The van der Waals surface area contributed by atoms with Crippen LogP contribution in [0.1, 0.15) is 34.3 Å². The van der Waals surface area contributed by atoms with E-state index in [0.29, 0.717) is 29.5 Å². The number of hydrogen-bond donors (Lipinski definition) is 1. The van der Waals surface area contributed by atoms with Crippen LogP contribution in [0.3, 0.4) is 0 Å². The van der Waals surface area contributed by atoms with Gasteiger partial charge >= 0.3 is 5.97 Å². The Labute approximate surface area is 150 Å². The molecule has 1 amide bonds. The smallest absolute Gasteiger partial charge is 0.309 e. The second kappa shape index (κ2) is 7.65. The molecule has 1 unspecified atom stereocenters. The van der Waals surface area contributed by atoms with Gasteiger partial charge in [0.15, 0.2) is 5.13 Å². The number of fused-ring (bicyclic) bond motifs is 1. The van der Waals surface area contributed by atoms with Crippen LogP contribution in [0.15, 0.2) is 24.3 Å². The molecule has 25 heavy (non-hydrogen) atoms. The monoisotopic (exact) mass is 360 g/mol. The summed E-state index contributed by atoms with van der Waals surface area (Å²) in [5, 5.41) is 3.39. The van der Waals surface area contributed by atoms with Crippen molar-refractivity contribution in [1.29, 1.82) is 0 Å². The van der Waals surface area contributed by atoms with Crippen LogP contribution in [0.2, 0.25) is 0 Å². The van der Waals surface area contributed by atoms with E-state index in [0.717, 1.165) is 23.4 Å². The molecule has 1 aromatic carbocycles. The van der Waals surface area contributed by atoms with Gasteiger partial charge in [0.1, 0.15) is 5.75 Å². The van der Waals surface area contributed by atoms with E-state index in [1.807, 2.05) is 6.92 Å². The van der Waals surface area contributed by atoms with Gasteiger partial charge in [-0.25, -0.2) is 4.98 Å². The number of thiazole rings is 1.